The first kappa shape index (κ1) is 11.5. The van der Waals surface area contributed by atoms with Crippen molar-refractivity contribution in [2.24, 2.45) is 0 Å². The molecule has 1 aliphatic carbocycles. The van der Waals surface area contributed by atoms with Crippen LogP contribution in [0.4, 0.5) is 0 Å². The SMILES string of the molecule is CC=CC=CC1=[C](\[Co])CCCC/C=C\1. The molecular weight excluding hydrogens is 215 g/mol. The Balaban J connectivity index is 2.74. The Morgan fingerprint density at radius 2 is 2.14 bits per heavy atom. The summed E-state index contributed by atoms with van der Waals surface area (Å²) in [6, 6.07) is 0. The maximum atomic E-state index is 4.58. The van der Waals surface area contributed by atoms with E-state index < -0.39 is 0 Å². The van der Waals surface area contributed by atoms with Crippen LogP contribution in [0.5, 0.6) is 0 Å². The molecule has 0 fully saturated rings. The molecule has 14 heavy (non-hydrogen) atoms. The molecule has 0 saturated carbocycles. The van der Waals surface area contributed by atoms with Crippen LogP contribution in [0, 0.1) is 0 Å². The third-order valence-electron chi connectivity index (χ3n) is 2.18. The zero-order chi connectivity index (χ0) is 10.2. The zero-order valence-electron chi connectivity index (χ0n) is 8.63. The summed E-state index contributed by atoms with van der Waals surface area (Å²) in [7, 11) is 0. The van der Waals surface area contributed by atoms with Crippen molar-refractivity contribution in [1.82, 2.24) is 0 Å². The van der Waals surface area contributed by atoms with Gasteiger partial charge in [0, 0.05) is 0 Å². The Bertz CT molecular complexity index is 280. The summed E-state index contributed by atoms with van der Waals surface area (Å²) in [6.07, 6.45) is 17.5. The molecule has 0 spiro atoms. The summed E-state index contributed by atoms with van der Waals surface area (Å²) >= 11 is 4.58. The Labute approximate surface area is 95.1 Å². The van der Waals surface area contributed by atoms with Crippen LogP contribution in [0.3, 0.4) is 0 Å². The monoisotopic (exact) mass is 232 g/mol. The summed E-state index contributed by atoms with van der Waals surface area (Å²) in [5.41, 5.74) is 1.25. The van der Waals surface area contributed by atoms with Crippen LogP contribution in [0.15, 0.2) is 46.5 Å². The standard InChI is InChI=1S/C13H17.Co/c1-2-3-7-10-13-11-8-5-4-6-9-12-13;/h2-3,7-8,10-11H,4-6,9H2,1H3;/b3-2?,10-7?,11-8-,13-12?;. The molecule has 0 aromatic rings. The van der Waals surface area contributed by atoms with Crippen molar-refractivity contribution in [3.63, 3.8) is 0 Å². The van der Waals surface area contributed by atoms with Crippen molar-refractivity contribution in [2.75, 3.05) is 0 Å². The molecule has 0 aliphatic heterocycles. The molecule has 0 aromatic heterocycles. The fourth-order valence-electron chi connectivity index (χ4n) is 1.39. The molecule has 0 N–H and O–H groups in total. The van der Waals surface area contributed by atoms with E-state index in [0.29, 0.717) is 0 Å². The molecule has 78 valence electrons. The number of allylic oxidation sites excluding steroid dienone is 8. The van der Waals surface area contributed by atoms with Crippen LogP contribution in [0.2, 0.25) is 0 Å². The van der Waals surface area contributed by atoms with E-state index in [1.54, 1.807) is 0 Å². The van der Waals surface area contributed by atoms with Crippen molar-refractivity contribution in [1.29, 1.82) is 0 Å². The van der Waals surface area contributed by atoms with Gasteiger partial charge in [-0.15, -0.1) is 0 Å². The Morgan fingerprint density at radius 1 is 1.29 bits per heavy atom. The number of rotatable bonds is 2. The van der Waals surface area contributed by atoms with Gasteiger partial charge in [-0.2, -0.15) is 0 Å². The van der Waals surface area contributed by atoms with Gasteiger partial charge >= 0.3 is 94.9 Å². The molecule has 1 rings (SSSR count). The summed E-state index contributed by atoms with van der Waals surface area (Å²) < 4.78 is 1.20. The van der Waals surface area contributed by atoms with Gasteiger partial charge in [0.25, 0.3) is 0 Å². The maximum absolute atomic E-state index is 4.58. The molecule has 0 heterocycles. The van der Waals surface area contributed by atoms with E-state index in [4.69, 9.17) is 0 Å². The second-order valence-electron chi connectivity index (χ2n) is 3.37. The van der Waals surface area contributed by atoms with Gasteiger partial charge in [0.15, 0.2) is 0 Å². The van der Waals surface area contributed by atoms with Gasteiger partial charge in [-0.1, -0.05) is 0 Å². The summed E-state index contributed by atoms with van der Waals surface area (Å²) in [6.45, 7) is 2.02. The first-order valence-corrected chi connectivity index (χ1v) is 5.69. The fraction of sp³-hybridized carbons (Fsp3) is 0.385. The predicted molar refractivity (Wildman–Crippen MR) is 58.6 cm³/mol. The van der Waals surface area contributed by atoms with E-state index in [2.05, 4.69) is 40.0 Å². The van der Waals surface area contributed by atoms with Crippen LogP contribution in [-0.2, 0) is 15.7 Å². The molecule has 0 saturated heterocycles. The zero-order valence-corrected chi connectivity index (χ0v) is 9.67. The van der Waals surface area contributed by atoms with E-state index in [1.807, 2.05) is 19.1 Å². The van der Waals surface area contributed by atoms with Crippen LogP contribution < -0.4 is 0 Å². The average molecular weight is 232 g/mol. The van der Waals surface area contributed by atoms with Gasteiger partial charge in [-0.25, -0.2) is 0 Å². The Morgan fingerprint density at radius 3 is 2.93 bits per heavy atom. The van der Waals surface area contributed by atoms with Crippen LogP contribution in [-0.4, -0.2) is 0 Å². The van der Waals surface area contributed by atoms with Gasteiger partial charge in [0.1, 0.15) is 0 Å². The molecule has 0 amide bonds. The van der Waals surface area contributed by atoms with Gasteiger partial charge in [0.05, 0.1) is 0 Å². The summed E-state index contributed by atoms with van der Waals surface area (Å²) in [5.74, 6) is 0. The predicted octanol–water partition coefficient (Wildman–Crippen LogP) is 4.05. The second-order valence-corrected chi connectivity index (χ2v) is 3.99. The minimum atomic E-state index is 1.11. The number of hydrogen-bond donors (Lipinski definition) is 0. The van der Waals surface area contributed by atoms with Gasteiger partial charge in [0.2, 0.25) is 0 Å². The van der Waals surface area contributed by atoms with E-state index in [9.17, 15) is 0 Å². The normalized spacial score (nSPS) is 26.8. The molecule has 0 atom stereocenters. The summed E-state index contributed by atoms with van der Waals surface area (Å²) in [5, 5.41) is 0. The third-order valence-corrected chi connectivity index (χ3v) is 2.74. The van der Waals surface area contributed by atoms with E-state index in [0.717, 1.165) is 6.42 Å². The second kappa shape index (κ2) is 6.85. The Hall–Kier alpha value is -0.534. The van der Waals surface area contributed by atoms with E-state index >= 15 is 0 Å². The van der Waals surface area contributed by atoms with Crippen LogP contribution >= 0.6 is 0 Å². The molecule has 0 nitrogen and oxygen atoms in total. The topological polar surface area (TPSA) is 0 Å². The molecular formula is C13H17Co. The third kappa shape index (κ3) is 4.12. The van der Waals surface area contributed by atoms with Crippen molar-refractivity contribution >= 4 is 0 Å². The molecule has 0 bridgehead atoms. The van der Waals surface area contributed by atoms with Crippen LogP contribution in [0.25, 0.3) is 0 Å². The molecule has 1 aliphatic rings. The Kier molecular flexibility index (Phi) is 5.65. The molecule has 1 heteroatoms. The molecule has 0 unspecified atom stereocenters. The first-order valence-electron chi connectivity index (χ1n) is 5.17. The van der Waals surface area contributed by atoms with Crippen molar-refractivity contribution in [2.45, 2.75) is 32.6 Å². The summed E-state index contributed by atoms with van der Waals surface area (Å²) in [4.78, 5) is 0. The minimum absolute atomic E-state index is 1.11. The average Bonchev–Trinajstić information content (AvgIpc) is 2.17. The van der Waals surface area contributed by atoms with Gasteiger partial charge in [-0.3, -0.25) is 0 Å². The quantitative estimate of drug-likeness (QED) is 0.630. The van der Waals surface area contributed by atoms with Crippen molar-refractivity contribution < 1.29 is 15.7 Å². The van der Waals surface area contributed by atoms with Crippen molar-refractivity contribution in [3.05, 3.63) is 46.5 Å². The fourth-order valence-corrected chi connectivity index (χ4v) is 1.75. The molecule has 0 aromatic carbocycles. The van der Waals surface area contributed by atoms with E-state index in [-0.39, 0.29) is 0 Å². The van der Waals surface area contributed by atoms with Gasteiger partial charge in [-0.05, 0) is 0 Å². The van der Waals surface area contributed by atoms with Gasteiger partial charge < -0.3 is 0 Å². The van der Waals surface area contributed by atoms with E-state index in [1.165, 1.54) is 29.3 Å². The van der Waals surface area contributed by atoms with Crippen LogP contribution in [0.1, 0.15) is 32.6 Å². The first-order chi connectivity index (χ1) is 6.84. The van der Waals surface area contributed by atoms with Crippen molar-refractivity contribution in [3.8, 4) is 0 Å². The molecule has 0 radical (unpaired) electrons. The number of hydrogen-bond acceptors (Lipinski definition) is 0.